The van der Waals surface area contributed by atoms with Crippen molar-refractivity contribution in [1.82, 2.24) is 14.5 Å². The van der Waals surface area contributed by atoms with Gasteiger partial charge in [-0.1, -0.05) is 0 Å². The van der Waals surface area contributed by atoms with Gasteiger partial charge < -0.3 is 39.7 Å². The summed E-state index contributed by atoms with van der Waals surface area (Å²) in [5.41, 5.74) is 4.66. The third kappa shape index (κ3) is 5.96. The highest BCUT2D eigenvalue weighted by Crippen LogP contribution is 2.66. The van der Waals surface area contributed by atoms with Gasteiger partial charge in [0.15, 0.2) is 6.23 Å². The van der Waals surface area contributed by atoms with Crippen LogP contribution in [-0.2, 0) is 31.6 Å². The molecule has 0 spiro atoms. The number of hydrogen-bond donors (Lipinski definition) is 6. The van der Waals surface area contributed by atoms with E-state index < -0.39 is 48.0 Å². The van der Waals surface area contributed by atoms with Crippen molar-refractivity contribution in [3.05, 3.63) is 18.6 Å². The second-order valence-corrected chi connectivity index (χ2v) is 11.2. The van der Waals surface area contributed by atoms with Gasteiger partial charge in [0.25, 0.3) is 0 Å². The number of ether oxygens (including phenoxy) is 1. The number of aliphatic hydroxyl groups is 1. The lowest BCUT2D eigenvalue weighted by Crippen LogP contribution is -2.31. The van der Waals surface area contributed by atoms with Crippen molar-refractivity contribution in [3.8, 4) is 0 Å². The fraction of sp³-hybridized carbons (Fsp3) is 0.500. The lowest BCUT2D eigenvalue weighted by Gasteiger charge is -2.25. The maximum atomic E-state index is 11.8. The van der Waals surface area contributed by atoms with E-state index in [-0.39, 0.29) is 12.2 Å². The van der Waals surface area contributed by atoms with E-state index in [0.717, 1.165) is 0 Å². The van der Waals surface area contributed by atoms with Gasteiger partial charge in [0, 0.05) is 12.6 Å². The van der Waals surface area contributed by atoms with Crippen LogP contribution in [0, 0.1) is 0 Å². The van der Waals surface area contributed by atoms with Crippen LogP contribution in [0.25, 0.3) is 11.0 Å². The first kappa shape index (κ1) is 24.4. The normalized spacial score (nSPS) is 28.5. The van der Waals surface area contributed by atoms with Crippen molar-refractivity contribution in [1.29, 1.82) is 0 Å². The molecule has 1 aliphatic rings. The van der Waals surface area contributed by atoms with E-state index in [2.05, 4.69) is 23.1 Å². The molecular weight excluding hydrogens is 485 g/mol. The quantitative estimate of drug-likeness (QED) is 0.266. The number of phosphoric acid groups is 3. The van der Waals surface area contributed by atoms with Gasteiger partial charge in [-0.05, 0) is 13.0 Å². The van der Waals surface area contributed by atoms with Gasteiger partial charge in [-0.15, -0.1) is 0 Å². The number of nitrogen functional groups attached to an aromatic ring is 1. The van der Waals surface area contributed by atoms with E-state index in [1.165, 1.54) is 17.8 Å². The molecule has 2 aromatic heterocycles. The molecule has 2 aromatic rings. The third-order valence-corrected chi connectivity index (χ3v) is 7.93. The second-order valence-electron chi connectivity index (χ2n) is 6.78. The van der Waals surface area contributed by atoms with Crippen molar-refractivity contribution >= 4 is 40.3 Å². The zero-order valence-electron chi connectivity index (χ0n) is 15.7. The first-order chi connectivity index (χ1) is 14.1. The van der Waals surface area contributed by atoms with Crippen molar-refractivity contribution in [2.45, 2.75) is 31.3 Å². The molecule has 7 N–H and O–H groups in total. The Kier molecular flexibility index (Phi) is 6.51. The summed E-state index contributed by atoms with van der Waals surface area (Å²) in [6.45, 7) is 0.755. The molecule has 2 unspecified atom stereocenters. The summed E-state index contributed by atoms with van der Waals surface area (Å²) in [7, 11) is -16.4. The van der Waals surface area contributed by atoms with Gasteiger partial charge >= 0.3 is 23.5 Å². The van der Waals surface area contributed by atoms with Gasteiger partial charge in [-0.25, -0.2) is 23.7 Å². The van der Waals surface area contributed by atoms with Crippen LogP contribution in [0.4, 0.5) is 5.82 Å². The van der Waals surface area contributed by atoms with Crippen LogP contribution in [-0.4, -0.2) is 57.5 Å². The minimum Gasteiger partial charge on any atom is -0.385 e. The highest BCUT2D eigenvalue weighted by Gasteiger charge is 2.47. The van der Waals surface area contributed by atoms with Gasteiger partial charge in [-0.2, -0.15) is 8.62 Å². The smallest absolute Gasteiger partial charge is 0.385 e. The molecule has 0 radical (unpaired) electrons. The SMILES string of the molecule is C[C@]1(O)C[C@@H](COP(=O)(O)OP(=O)(O)OP(=O)(O)O)O[C@H]1n1ccc2c(N)ncnc21. The van der Waals surface area contributed by atoms with Crippen molar-refractivity contribution in [3.63, 3.8) is 0 Å². The van der Waals surface area contributed by atoms with E-state index in [0.29, 0.717) is 11.0 Å². The largest absolute Gasteiger partial charge is 0.490 e. The summed E-state index contributed by atoms with van der Waals surface area (Å²) in [5, 5.41) is 11.3. The predicted molar refractivity (Wildman–Crippen MR) is 101 cm³/mol. The summed E-state index contributed by atoms with van der Waals surface area (Å²) in [5.74, 6) is 0.214. The molecule has 19 heteroatoms. The molecule has 0 aliphatic carbocycles. The summed E-state index contributed by atoms with van der Waals surface area (Å²) in [6.07, 6.45) is 0.702. The van der Waals surface area contributed by atoms with Crippen molar-refractivity contribution in [2.24, 2.45) is 0 Å². The minimum atomic E-state index is -5.63. The summed E-state index contributed by atoms with van der Waals surface area (Å²) in [4.78, 5) is 43.7. The average molecular weight is 504 g/mol. The molecule has 0 aromatic carbocycles. The molecule has 1 saturated heterocycles. The number of nitrogens with two attached hydrogens (primary N) is 1. The standard InChI is InChI=1S/C12H19N4O12P3/c1-12(17)4-7(5-25-30(21,22)28-31(23,24)27-29(18,19)20)26-11(12)16-3-2-8-9(13)14-6-15-10(8)16/h2-3,6-7,11,17H,4-5H2,1H3,(H,21,22)(H,23,24)(H2,13,14,15)(H2,18,19,20)/t7-,11+,12-/m0/s1. The maximum Gasteiger partial charge on any atom is 0.490 e. The summed E-state index contributed by atoms with van der Waals surface area (Å²) >= 11 is 0. The highest BCUT2D eigenvalue weighted by atomic mass is 31.3. The van der Waals surface area contributed by atoms with Crippen LogP contribution >= 0.6 is 23.5 Å². The van der Waals surface area contributed by atoms with E-state index in [1.54, 1.807) is 12.3 Å². The second kappa shape index (κ2) is 8.27. The molecule has 3 rings (SSSR count). The van der Waals surface area contributed by atoms with Crippen LogP contribution in [0.2, 0.25) is 0 Å². The van der Waals surface area contributed by atoms with E-state index in [4.69, 9.17) is 25.2 Å². The number of fused-ring (bicyclic) bond motifs is 1. The van der Waals surface area contributed by atoms with Gasteiger partial charge in [-0.3, -0.25) is 4.52 Å². The zero-order chi connectivity index (χ0) is 23.2. The Morgan fingerprint density at radius 3 is 2.55 bits per heavy atom. The molecule has 1 fully saturated rings. The van der Waals surface area contributed by atoms with Crippen LogP contribution in [0.5, 0.6) is 0 Å². The fourth-order valence-corrected chi connectivity index (χ4v) is 6.11. The van der Waals surface area contributed by atoms with Crippen molar-refractivity contribution in [2.75, 3.05) is 12.3 Å². The lowest BCUT2D eigenvalue weighted by atomic mass is 10.0. The first-order valence-electron chi connectivity index (χ1n) is 8.32. The molecular formula is C12H19N4O12P3. The Morgan fingerprint density at radius 1 is 1.23 bits per heavy atom. The fourth-order valence-electron chi connectivity index (χ4n) is 3.06. The van der Waals surface area contributed by atoms with Crippen LogP contribution < -0.4 is 5.73 Å². The number of hydrogen-bond acceptors (Lipinski definition) is 11. The average Bonchev–Trinajstić information content (AvgIpc) is 3.10. The number of anilines is 1. The Morgan fingerprint density at radius 2 is 1.90 bits per heavy atom. The highest BCUT2D eigenvalue weighted by molar-refractivity contribution is 7.66. The molecule has 16 nitrogen and oxygen atoms in total. The van der Waals surface area contributed by atoms with E-state index in [9.17, 15) is 23.7 Å². The van der Waals surface area contributed by atoms with Crippen LogP contribution in [0.1, 0.15) is 19.6 Å². The predicted octanol–water partition coefficient (Wildman–Crippen LogP) is 0.395. The maximum absolute atomic E-state index is 11.8. The summed E-state index contributed by atoms with van der Waals surface area (Å²) in [6, 6.07) is 1.61. The molecule has 0 saturated carbocycles. The molecule has 1 aliphatic heterocycles. The van der Waals surface area contributed by atoms with Gasteiger partial charge in [0.05, 0.1) is 18.1 Å². The Bertz CT molecular complexity index is 1120. The van der Waals surface area contributed by atoms with Crippen molar-refractivity contribution < 1.29 is 56.3 Å². The Labute approximate surface area is 174 Å². The molecule has 31 heavy (non-hydrogen) atoms. The lowest BCUT2D eigenvalue weighted by molar-refractivity contribution is -0.0847. The number of aromatic nitrogens is 3. The Balaban J connectivity index is 1.69. The minimum absolute atomic E-state index is 0.0896. The number of rotatable bonds is 8. The van der Waals surface area contributed by atoms with Gasteiger partial charge in [0.2, 0.25) is 0 Å². The zero-order valence-corrected chi connectivity index (χ0v) is 18.3. The first-order valence-corrected chi connectivity index (χ1v) is 12.8. The molecule has 5 atom stereocenters. The number of nitrogens with zero attached hydrogens (tertiary/aromatic N) is 3. The van der Waals surface area contributed by atoms with E-state index >= 15 is 0 Å². The van der Waals surface area contributed by atoms with Crippen LogP contribution in [0.15, 0.2) is 18.6 Å². The Hall–Kier alpha value is -1.25. The topological polar surface area (TPSA) is 246 Å². The molecule has 174 valence electrons. The van der Waals surface area contributed by atoms with Crippen LogP contribution in [0.3, 0.4) is 0 Å². The summed E-state index contributed by atoms with van der Waals surface area (Å²) < 4.78 is 52.9. The number of phosphoric ester groups is 1. The monoisotopic (exact) mass is 504 g/mol. The molecule has 0 bridgehead atoms. The molecule has 3 heterocycles. The van der Waals surface area contributed by atoms with E-state index in [1.807, 2.05) is 0 Å². The van der Waals surface area contributed by atoms with Gasteiger partial charge in [0.1, 0.15) is 23.4 Å². The molecule has 0 amide bonds. The third-order valence-electron chi connectivity index (χ3n) is 4.13.